The number of aliphatic hydroxyl groups excluding tert-OH is 2. The van der Waals surface area contributed by atoms with Gasteiger partial charge in [-0.2, -0.15) is 0 Å². The van der Waals surface area contributed by atoms with Crippen molar-refractivity contribution in [2.24, 2.45) is 0 Å². The van der Waals surface area contributed by atoms with Gasteiger partial charge in [0.05, 0.1) is 12.7 Å². The highest BCUT2D eigenvalue weighted by Crippen LogP contribution is 2.39. The summed E-state index contributed by atoms with van der Waals surface area (Å²) in [4.78, 5) is 8.76. The summed E-state index contributed by atoms with van der Waals surface area (Å²) in [5, 5.41) is 18.9. The van der Waals surface area contributed by atoms with Crippen LogP contribution < -0.4 is 5.73 Å². The lowest BCUT2D eigenvalue weighted by Crippen LogP contribution is -2.15. The minimum atomic E-state index is -0.722. The van der Waals surface area contributed by atoms with E-state index in [-0.39, 0.29) is 6.61 Å². The fraction of sp³-hybridized carbons (Fsp3) is 0.636. The first kappa shape index (κ1) is 12.6. The van der Waals surface area contributed by atoms with Gasteiger partial charge in [-0.1, -0.05) is 0 Å². The average Bonchev–Trinajstić information content (AvgIpc) is 3.14. The predicted molar refractivity (Wildman–Crippen MR) is 67.0 cm³/mol. The summed E-state index contributed by atoms with van der Waals surface area (Å²) in [6.07, 6.45) is 1.54. The van der Waals surface area contributed by atoms with Crippen molar-refractivity contribution in [2.75, 3.05) is 18.1 Å². The van der Waals surface area contributed by atoms with E-state index >= 15 is 0 Å². The molecule has 1 saturated carbocycles. The molecule has 0 aromatic carbocycles. The molecule has 0 saturated heterocycles. The molecule has 5 nitrogen and oxygen atoms in total. The molecular formula is C11H17N3O2S. The highest BCUT2D eigenvalue weighted by Gasteiger charge is 2.28. The van der Waals surface area contributed by atoms with Gasteiger partial charge in [-0.05, 0) is 19.8 Å². The minimum absolute atomic E-state index is 0.234. The Kier molecular flexibility index (Phi) is 3.86. The molecule has 0 spiro atoms. The van der Waals surface area contributed by atoms with Gasteiger partial charge in [-0.25, -0.2) is 9.97 Å². The van der Waals surface area contributed by atoms with Crippen molar-refractivity contribution in [3.63, 3.8) is 0 Å². The molecule has 0 aliphatic heterocycles. The number of anilines is 1. The van der Waals surface area contributed by atoms with Crippen LogP contribution in [0.15, 0.2) is 5.03 Å². The Labute approximate surface area is 104 Å². The maximum atomic E-state index is 9.32. The van der Waals surface area contributed by atoms with Crippen LogP contribution in [0, 0.1) is 6.92 Å². The van der Waals surface area contributed by atoms with Crippen LogP contribution in [0.4, 0.5) is 5.82 Å². The summed E-state index contributed by atoms with van der Waals surface area (Å²) in [7, 11) is 0. The molecule has 1 heterocycles. The molecule has 94 valence electrons. The Morgan fingerprint density at radius 1 is 1.47 bits per heavy atom. The lowest BCUT2D eigenvalue weighted by Gasteiger charge is -2.11. The largest absolute Gasteiger partial charge is 0.394 e. The van der Waals surface area contributed by atoms with E-state index in [1.54, 1.807) is 0 Å². The number of hydrogen-bond donors (Lipinski definition) is 3. The van der Waals surface area contributed by atoms with Crippen LogP contribution in [0.25, 0.3) is 0 Å². The molecule has 1 aliphatic rings. The van der Waals surface area contributed by atoms with Crippen LogP contribution in [0.1, 0.15) is 30.1 Å². The number of nitrogens with zero attached hydrogens (tertiary/aromatic N) is 2. The molecule has 1 atom stereocenters. The molecule has 4 N–H and O–H groups in total. The van der Waals surface area contributed by atoms with Gasteiger partial charge in [0, 0.05) is 17.2 Å². The SMILES string of the molecule is Cc1c(N)nc(C2CC2)nc1SCC(O)CO. The third-order valence-corrected chi connectivity index (χ3v) is 3.94. The molecule has 17 heavy (non-hydrogen) atoms. The van der Waals surface area contributed by atoms with Crippen molar-refractivity contribution in [3.05, 3.63) is 11.4 Å². The Bertz CT molecular complexity index is 410. The standard InChI is InChI=1S/C11H17N3O2S/c1-6-9(12)13-10(7-2-3-7)14-11(6)17-5-8(16)4-15/h7-8,15-16H,2-5H2,1H3,(H2,12,13,14). The molecule has 0 radical (unpaired) electrons. The molecule has 0 bridgehead atoms. The Balaban J connectivity index is 2.13. The van der Waals surface area contributed by atoms with E-state index in [0.29, 0.717) is 17.5 Å². The zero-order chi connectivity index (χ0) is 12.4. The number of hydrogen-bond acceptors (Lipinski definition) is 6. The van der Waals surface area contributed by atoms with E-state index < -0.39 is 6.10 Å². The van der Waals surface area contributed by atoms with Gasteiger partial charge in [-0.3, -0.25) is 0 Å². The van der Waals surface area contributed by atoms with Gasteiger partial charge in [0.25, 0.3) is 0 Å². The van der Waals surface area contributed by atoms with Crippen LogP contribution in [-0.2, 0) is 0 Å². The second-order valence-electron chi connectivity index (χ2n) is 4.32. The highest BCUT2D eigenvalue weighted by atomic mass is 32.2. The van der Waals surface area contributed by atoms with Gasteiger partial charge >= 0.3 is 0 Å². The van der Waals surface area contributed by atoms with E-state index in [1.807, 2.05) is 6.92 Å². The van der Waals surface area contributed by atoms with Crippen LogP contribution in [0.3, 0.4) is 0 Å². The molecule has 1 unspecified atom stereocenters. The lowest BCUT2D eigenvalue weighted by atomic mass is 10.3. The summed E-state index contributed by atoms with van der Waals surface area (Å²) >= 11 is 1.41. The third kappa shape index (κ3) is 3.08. The monoisotopic (exact) mass is 255 g/mol. The first-order valence-electron chi connectivity index (χ1n) is 5.67. The molecule has 6 heteroatoms. The lowest BCUT2D eigenvalue weighted by molar-refractivity contribution is 0.113. The number of nitrogen functional groups attached to an aromatic ring is 1. The van der Waals surface area contributed by atoms with Crippen molar-refractivity contribution in [1.29, 1.82) is 0 Å². The van der Waals surface area contributed by atoms with E-state index in [1.165, 1.54) is 11.8 Å². The van der Waals surface area contributed by atoms with Crippen molar-refractivity contribution in [3.8, 4) is 0 Å². The number of rotatable bonds is 5. The van der Waals surface area contributed by atoms with Crippen LogP contribution >= 0.6 is 11.8 Å². The number of aromatic nitrogens is 2. The first-order chi connectivity index (χ1) is 8.11. The smallest absolute Gasteiger partial charge is 0.135 e. The summed E-state index contributed by atoms with van der Waals surface area (Å²) in [5.74, 6) is 2.20. The summed E-state index contributed by atoms with van der Waals surface area (Å²) < 4.78 is 0. The fourth-order valence-electron chi connectivity index (χ4n) is 1.42. The number of aliphatic hydroxyl groups is 2. The van der Waals surface area contributed by atoms with Crippen LogP contribution in [0.5, 0.6) is 0 Å². The Morgan fingerprint density at radius 3 is 2.76 bits per heavy atom. The normalized spacial score (nSPS) is 17.1. The van der Waals surface area contributed by atoms with Crippen molar-refractivity contribution < 1.29 is 10.2 Å². The van der Waals surface area contributed by atoms with Crippen molar-refractivity contribution >= 4 is 17.6 Å². The number of thioether (sulfide) groups is 1. The summed E-state index contributed by atoms with van der Waals surface area (Å²) in [6, 6.07) is 0. The predicted octanol–water partition coefficient (Wildman–Crippen LogP) is 0.690. The molecule has 1 aromatic heterocycles. The maximum absolute atomic E-state index is 9.32. The molecule has 0 amide bonds. The van der Waals surface area contributed by atoms with E-state index in [4.69, 9.17) is 10.8 Å². The zero-order valence-corrected chi connectivity index (χ0v) is 10.6. The first-order valence-corrected chi connectivity index (χ1v) is 6.66. The van der Waals surface area contributed by atoms with Gasteiger partial charge < -0.3 is 15.9 Å². The topological polar surface area (TPSA) is 92.3 Å². The Hall–Kier alpha value is -0.850. The van der Waals surface area contributed by atoms with Crippen molar-refractivity contribution in [1.82, 2.24) is 9.97 Å². The highest BCUT2D eigenvalue weighted by molar-refractivity contribution is 7.99. The number of nitrogens with two attached hydrogens (primary N) is 1. The average molecular weight is 255 g/mol. The molecule has 1 aliphatic carbocycles. The molecular weight excluding hydrogens is 238 g/mol. The minimum Gasteiger partial charge on any atom is -0.394 e. The second-order valence-corrected chi connectivity index (χ2v) is 5.33. The summed E-state index contributed by atoms with van der Waals surface area (Å²) in [6.45, 7) is 1.64. The van der Waals surface area contributed by atoms with Crippen LogP contribution in [0.2, 0.25) is 0 Å². The van der Waals surface area contributed by atoms with Crippen molar-refractivity contribution in [2.45, 2.75) is 36.8 Å². The summed E-state index contributed by atoms with van der Waals surface area (Å²) in [5.41, 5.74) is 6.70. The zero-order valence-electron chi connectivity index (χ0n) is 9.76. The second kappa shape index (κ2) is 5.20. The van der Waals surface area contributed by atoms with Crippen LogP contribution in [-0.4, -0.2) is 38.6 Å². The van der Waals surface area contributed by atoms with E-state index in [9.17, 15) is 5.11 Å². The van der Waals surface area contributed by atoms with E-state index in [2.05, 4.69) is 9.97 Å². The molecule has 2 rings (SSSR count). The van der Waals surface area contributed by atoms with E-state index in [0.717, 1.165) is 29.3 Å². The van der Waals surface area contributed by atoms with Gasteiger partial charge in [0.1, 0.15) is 16.7 Å². The van der Waals surface area contributed by atoms with Gasteiger partial charge in [0.2, 0.25) is 0 Å². The maximum Gasteiger partial charge on any atom is 0.135 e. The van der Waals surface area contributed by atoms with Gasteiger partial charge in [0.15, 0.2) is 0 Å². The fourth-order valence-corrected chi connectivity index (χ4v) is 2.36. The molecule has 1 aromatic rings. The molecule has 1 fully saturated rings. The van der Waals surface area contributed by atoms with Gasteiger partial charge in [-0.15, -0.1) is 11.8 Å². The quantitative estimate of drug-likeness (QED) is 0.529. The Morgan fingerprint density at radius 2 is 2.18 bits per heavy atom. The third-order valence-electron chi connectivity index (χ3n) is 2.72.